The molecular weight excluding hydrogens is 248 g/mol. The Kier molecular flexibility index (Phi) is 5.56. The molecule has 0 saturated carbocycles. The van der Waals surface area contributed by atoms with Crippen molar-refractivity contribution in [3.05, 3.63) is 59.9 Å². The molecule has 1 unspecified atom stereocenters. The van der Waals surface area contributed by atoms with E-state index in [0.717, 1.165) is 18.6 Å². The molecule has 0 bridgehead atoms. The molecule has 3 heteroatoms. The Balaban J connectivity index is 2.08. The van der Waals surface area contributed by atoms with Gasteiger partial charge in [0.15, 0.2) is 0 Å². The quantitative estimate of drug-likeness (QED) is 0.837. The number of ether oxygens (including phenoxy) is 1. The smallest absolute Gasteiger partial charge is 0.124 e. The molecule has 106 valence electrons. The monoisotopic (exact) mass is 270 g/mol. The van der Waals surface area contributed by atoms with Gasteiger partial charge >= 0.3 is 0 Å². The van der Waals surface area contributed by atoms with Gasteiger partial charge in [0.2, 0.25) is 0 Å². The molecule has 0 radical (unpaired) electrons. The summed E-state index contributed by atoms with van der Waals surface area (Å²) in [6.45, 7) is 2.71. The summed E-state index contributed by atoms with van der Waals surface area (Å²) in [7, 11) is 2.00. The van der Waals surface area contributed by atoms with Crippen LogP contribution in [0.2, 0.25) is 0 Å². The van der Waals surface area contributed by atoms with Crippen molar-refractivity contribution in [2.45, 2.75) is 25.8 Å². The van der Waals surface area contributed by atoms with Crippen LogP contribution in [0.15, 0.2) is 48.8 Å². The zero-order valence-electron chi connectivity index (χ0n) is 12.2. The van der Waals surface area contributed by atoms with Crippen LogP contribution in [0.1, 0.15) is 30.5 Å². The number of nitrogens with one attached hydrogen (secondary N) is 1. The summed E-state index contributed by atoms with van der Waals surface area (Å²) in [5.41, 5.74) is 2.49. The second kappa shape index (κ2) is 7.65. The minimum absolute atomic E-state index is 0.290. The van der Waals surface area contributed by atoms with Gasteiger partial charge in [-0.05, 0) is 44.5 Å². The van der Waals surface area contributed by atoms with Crippen molar-refractivity contribution in [3.8, 4) is 5.75 Å². The molecule has 0 aliphatic rings. The van der Waals surface area contributed by atoms with Gasteiger partial charge in [-0.15, -0.1) is 0 Å². The molecule has 1 N–H and O–H groups in total. The van der Waals surface area contributed by atoms with E-state index in [4.69, 9.17) is 4.74 Å². The highest BCUT2D eigenvalue weighted by atomic mass is 16.5. The highest BCUT2D eigenvalue weighted by Gasteiger charge is 2.14. The summed E-state index contributed by atoms with van der Waals surface area (Å²) in [4.78, 5) is 4.16. The lowest BCUT2D eigenvalue weighted by Crippen LogP contribution is -2.18. The number of rotatable bonds is 7. The maximum atomic E-state index is 5.72. The molecule has 1 aromatic carbocycles. The average molecular weight is 270 g/mol. The summed E-state index contributed by atoms with van der Waals surface area (Å²) >= 11 is 0. The third kappa shape index (κ3) is 3.81. The van der Waals surface area contributed by atoms with Gasteiger partial charge in [0, 0.05) is 24.0 Å². The number of aryl methyl sites for hydroxylation is 1. The zero-order chi connectivity index (χ0) is 14.2. The highest BCUT2D eigenvalue weighted by molar-refractivity contribution is 5.36. The zero-order valence-corrected chi connectivity index (χ0v) is 12.2. The summed E-state index contributed by atoms with van der Waals surface area (Å²) in [5.74, 6) is 0.973. The number of nitrogens with zero attached hydrogens (tertiary/aromatic N) is 1. The Hall–Kier alpha value is -1.87. The van der Waals surface area contributed by atoms with Gasteiger partial charge in [0.25, 0.3) is 0 Å². The largest absolute Gasteiger partial charge is 0.494 e. The molecule has 3 nitrogen and oxygen atoms in total. The van der Waals surface area contributed by atoms with Gasteiger partial charge in [-0.2, -0.15) is 0 Å². The molecule has 1 heterocycles. The van der Waals surface area contributed by atoms with Crippen LogP contribution in [0.5, 0.6) is 5.75 Å². The van der Waals surface area contributed by atoms with Crippen molar-refractivity contribution in [1.82, 2.24) is 10.3 Å². The van der Waals surface area contributed by atoms with Crippen LogP contribution in [-0.2, 0) is 6.42 Å². The predicted molar refractivity (Wildman–Crippen MR) is 82.0 cm³/mol. The van der Waals surface area contributed by atoms with Crippen molar-refractivity contribution in [1.29, 1.82) is 0 Å². The summed E-state index contributed by atoms with van der Waals surface area (Å²) in [5, 5.41) is 3.39. The molecular formula is C17H22N2O. The summed E-state index contributed by atoms with van der Waals surface area (Å²) < 4.78 is 5.72. The fourth-order valence-electron chi connectivity index (χ4n) is 2.37. The normalized spacial score (nSPS) is 12.1. The minimum atomic E-state index is 0.290. The van der Waals surface area contributed by atoms with Gasteiger partial charge in [-0.1, -0.05) is 24.3 Å². The molecule has 20 heavy (non-hydrogen) atoms. The van der Waals surface area contributed by atoms with Crippen LogP contribution in [0, 0.1) is 0 Å². The van der Waals surface area contributed by atoms with Crippen LogP contribution < -0.4 is 10.1 Å². The first kappa shape index (κ1) is 14.5. The number of para-hydroxylation sites is 1. The predicted octanol–water partition coefficient (Wildman–Crippen LogP) is 3.37. The second-order valence-corrected chi connectivity index (χ2v) is 4.71. The summed E-state index contributed by atoms with van der Waals surface area (Å²) in [6.07, 6.45) is 5.76. The molecule has 2 aromatic rings. The molecule has 0 amide bonds. The lowest BCUT2D eigenvalue weighted by molar-refractivity contribution is 0.331. The molecule has 2 rings (SSSR count). The third-order valence-corrected chi connectivity index (χ3v) is 3.39. The fraction of sp³-hybridized carbons (Fsp3) is 0.353. The van der Waals surface area contributed by atoms with E-state index in [-0.39, 0.29) is 6.04 Å². The van der Waals surface area contributed by atoms with Crippen LogP contribution in [-0.4, -0.2) is 18.6 Å². The van der Waals surface area contributed by atoms with E-state index >= 15 is 0 Å². The van der Waals surface area contributed by atoms with Crippen LogP contribution in [0.25, 0.3) is 0 Å². The number of hydrogen-bond donors (Lipinski definition) is 1. The van der Waals surface area contributed by atoms with Gasteiger partial charge in [0.1, 0.15) is 5.75 Å². The van der Waals surface area contributed by atoms with Gasteiger partial charge in [-0.25, -0.2) is 0 Å². The van der Waals surface area contributed by atoms with E-state index in [2.05, 4.69) is 28.5 Å². The Labute approximate surface area is 121 Å². The molecule has 0 aliphatic carbocycles. The highest BCUT2D eigenvalue weighted by Crippen LogP contribution is 2.27. The van der Waals surface area contributed by atoms with Gasteiger partial charge < -0.3 is 10.1 Å². The van der Waals surface area contributed by atoms with Crippen molar-refractivity contribution >= 4 is 0 Å². The first-order valence-electron chi connectivity index (χ1n) is 7.13. The Morgan fingerprint density at radius 2 is 2.05 bits per heavy atom. The minimum Gasteiger partial charge on any atom is -0.494 e. The van der Waals surface area contributed by atoms with Crippen LogP contribution in [0.3, 0.4) is 0 Å². The number of pyridine rings is 1. The molecule has 0 spiro atoms. The molecule has 0 saturated heterocycles. The Morgan fingerprint density at radius 1 is 1.20 bits per heavy atom. The van der Waals surface area contributed by atoms with E-state index in [9.17, 15) is 0 Å². The average Bonchev–Trinajstić information content (AvgIpc) is 2.51. The third-order valence-electron chi connectivity index (χ3n) is 3.39. The van der Waals surface area contributed by atoms with E-state index in [1.165, 1.54) is 11.1 Å². The maximum Gasteiger partial charge on any atom is 0.124 e. The van der Waals surface area contributed by atoms with E-state index in [1.807, 2.05) is 44.6 Å². The number of benzene rings is 1. The van der Waals surface area contributed by atoms with E-state index < -0.39 is 0 Å². The fourth-order valence-corrected chi connectivity index (χ4v) is 2.37. The van der Waals surface area contributed by atoms with Crippen molar-refractivity contribution in [3.63, 3.8) is 0 Å². The van der Waals surface area contributed by atoms with Gasteiger partial charge in [-0.3, -0.25) is 4.98 Å². The SMILES string of the molecule is CCOc1ccccc1C(CCc1cccnc1)NC. The van der Waals surface area contributed by atoms with E-state index in [1.54, 1.807) is 0 Å². The lowest BCUT2D eigenvalue weighted by atomic mass is 9.99. The Bertz CT molecular complexity index is 513. The van der Waals surface area contributed by atoms with Crippen LogP contribution >= 0.6 is 0 Å². The Morgan fingerprint density at radius 3 is 2.75 bits per heavy atom. The standard InChI is InChI=1S/C17H22N2O/c1-3-20-17-9-5-4-8-15(17)16(18-2)11-10-14-7-6-12-19-13-14/h4-9,12-13,16,18H,3,10-11H2,1-2H3. The summed E-state index contributed by atoms with van der Waals surface area (Å²) in [6, 6.07) is 12.6. The maximum absolute atomic E-state index is 5.72. The van der Waals surface area contributed by atoms with Crippen molar-refractivity contribution in [2.75, 3.05) is 13.7 Å². The van der Waals surface area contributed by atoms with Gasteiger partial charge in [0.05, 0.1) is 6.61 Å². The molecule has 0 fully saturated rings. The first-order chi connectivity index (χ1) is 9.85. The molecule has 1 aromatic heterocycles. The van der Waals surface area contributed by atoms with Crippen molar-refractivity contribution < 1.29 is 4.74 Å². The number of hydrogen-bond acceptors (Lipinski definition) is 3. The molecule has 1 atom stereocenters. The lowest BCUT2D eigenvalue weighted by Gasteiger charge is -2.20. The van der Waals surface area contributed by atoms with Crippen LogP contribution in [0.4, 0.5) is 0 Å². The number of aromatic nitrogens is 1. The van der Waals surface area contributed by atoms with E-state index in [0.29, 0.717) is 6.61 Å². The first-order valence-corrected chi connectivity index (χ1v) is 7.13. The molecule has 0 aliphatic heterocycles. The topological polar surface area (TPSA) is 34.1 Å². The van der Waals surface area contributed by atoms with Crippen molar-refractivity contribution in [2.24, 2.45) is 0 Å². The second-order valence-electron chi connectivity index (χ2n) is 4.71.